The van der Waals surface area contributed by atoms with E-state index in [1.807, 2.05) is 0 Å². The van der Waals surface area contributed by atoms with E-state index < -0.39 is 5.82 Å². The SMILES string of the molecule is [N-]=[N+]=Nc1ccc(Cl)c(Cl)c1F. The van der Waals surface area contributed by atoms with Crippen LogP contribution in [0.1, 0.15) is 0 Å². The molecule has 0 unspecified atom stereocenters. The van der Waals surface area contributed by atoms with Crippen molar-refractivity contribution in [1.29, 1.82) is 0 Å². The molecule has 0 atom stereocenters. The molecule has 1 aromatic carbocycles. The summed E-state index contributed by atoms with van der Waals surface area (Å²) in [5, 5.41) is 2.92. The second-order valence-corrected chi connectivity index (χ2v) is 2.67. The van der Waals surface area contributed by atoms with E-state index in [0.717, 1.165) is 0 Å². The predicted octanol–water partition coefficient (Wildman–Crippen LogP) is 4.07. The standard InChI is InChI=1S/C6H2Cl2FN3/c7-3-1-2-4(11-12-10)6(9)5(3)8/h1-2H. The lowest BCUT2D eigenvalue weighted by Crippen LogP contribution is -1.78. The summed E-state index contributed by atoms with van der Waals surface area (Å²) in [5.74, 6) is -0.804. The first kappa shape index (κ1) is 9.13. The quantitative estimate of drug-likeness (QED) is 0.287. The zero-order valence-electron chi connectivity index (χ0n) is 5.63. The summed E-state index contributed by atoms with van der Waals surface area (Å²) in [4.78, 5) is 2.42. The molecule has 12 heavy (non-hydrogen) atoms. The fourth-order valence-electron chi connectivity index (χ4n) is 0.641. The minimum Gasteiger partial charge on any atom is -0.205 e. The van der Waals surface area contributed by atoms with Gasteiger partial charge in [-0.15, -0.1) is 0 Å². The predicted molar refractivity (Wildman–Crippen MR) is 45.2 cm³/mol. The average Bonchev–Trinajstić information content (AvgIpc) is 2.07. The van der Waals surface area contributed by atoms with Gasteiger partial charge in [-0.1, -0.05) is 28.3 Å². The van der Waals surface area contributed by atoms with Crippen molar-refractivity contribution >= 4 is 28.9 Å². The van der Waals surface area contributed by atoms with Crippen molar-refractivity contribution in [2.75, 3.05) is 0 Å². The summed E-state index contributed by atoms with van der Waals surface area (Å²) in [7, 11) is 0. The molecule has 0 bridgehead atoms. The van der Waals surface area contributed by atoms with Gasteiger partial charge in [0.25, 0.3) is 0 Å². The summed E-state index contributed by atoms with van der Waals surface area (Å²) < 4.78 is 13.0. The van der Waals surface area contributed by atoms with Crippen LogP contribution in [0.5, 0.6) is 0 Å². The molecule has 0 fully saturated rings. The summed E-state index contributed by atoms with van der Waals surface area (Å²) in [6.45, 7) is 0. The maximum Gasteiger partial charge on any atom is 0.152 e. The highest BCUT2D eigenvalue weighted by Gasteiger charge is 2.08. The van der Waals surface area contributed by atoms with Crippen LogP contribution in [0.3, 0.4) is 0 Å². The van der Waals surface area contributed by atoms with Gasteiger partial charge in [-0.25, -0.2) is 4.39 Å². The van der Waals surface area contributed by atoms with Crippen molar-refractivity contribution in [1.82, 2.24) is 0 Å². The first-order chi connectivity index (χ1) is 5.66. The van der Waals surface area contributed by atoms with Gasteiger partial charge in [-0.2, -0.15) is 0 Å². The van der Waals surface area contributed by atoms with Crippen LogP contribution in [0.15, 0.2) is 17.2 Å². The molecule has 0 heterocycles. The van der Waals surface area contributed by atoms with Crippen LogP contribution in [0, 0.1) is 5.82 Å². The third-order valence-corrected chi connectivity index (χ3v) is 1.95. The lowest BCUT2D eigenvalue weighted by atomic mass is 10.3. The summed E-state index contributed by atoms with van der Waals surface area (Å²) in [5.41, 5.74) is 7.86. The molecule has 0 spiro atoms. The van der Waals surface area contributed by atoms with Gasteiger partial charge in [-0.3, -0.25) is 0 Å². The minimum atomic E-state index is -0.804. The van der Waals surface area contributed by atoms with Crippen molar-refractivity contribution in [2.24, 2.45) is 5.11 Å². The molecule has 0 aliphatic rings. The van der Waals surface area contributed by atoms with Crippen molar-refractivity contribution in [3.05, 3.63) is 38.4 Å². The first-order valence-corrected chi connectivity index (χ1v) is 3.61. The molecule has 0 amide bonds. The van der Waals surface area contributed by atoms with E-state index in [-0.39, 0.29) is 15.7 Å². The number of nitrogens with zero attached hydrogens (tertiary/aromatic N) is 3. The highest BCUT2D eigenvalue weighted by atomic mass is 35.5. The summed E-state index contributed by atoms with van der Waals surface area (Å²) in [6, 6.07) is 2.61. The third-order valence-electron chi connectivity index (χ3n) is 1.17. The average molecular weight is 206 g/mol. The second-order valence-electron chi connectivity index (χ2n) is 1.88. The van der Waals surface area contributed by atoms with Crippen molar-refractivity contribution in [2.45, 2.75) is 0 Å². The third kappa shape index (κ3) is 1.61. The highest BCUT2D eigenvalue weighted by Crippen LogP contribution is 2.31. The van der Waals surface area contributed by atoms with Gasteiger partial charge in [0.2, 0.25) is 0 Å². The van der Waals surface area contributed by atoms with E-state index >= 15 is 0 Å². The summed E-state index contributed by atoms with van der Waals surface area (Å²) in [6.07, 6.45) is 0. The molecule has 0 aliphatic carbocycles. The van der Waals surface area contributed by atoms with E-state index in [9.17, 15) is 4.39 Å². The molecule has 3 nitrogen and oxygen atoms in total. The number of hydrogen-bond donors (Lipinski definition) is 0. The van der Waals surface area contributed by atoms with Crippen LogP contribution >= 0.6 is 23.2 Å². The maximum atomic E-state index is 13.0. The molecular formula is C6H2Cl2FN3. The maximum absolute atomic E-state index is 13.0. The van der Waals surface area contributed by atoms with Gasteiger partial charge in [-0.05, 0) is 17.7 Å². The Hall–Kier alpha value is -0.960. The fraction of sp³-hybridized carbons (Fsp3) is 0. The Balaban J connectivity index is 3.35. The number of rotatable bonds is 1. The topological polar surface area (TPSA) is 48.8 Å². The van der Waals surface area contributed by atoms with Crippen LogP contribution < -0.4 is 0 Å². The normalized spacial score (nSPS) is 9.25. The molecule has 62 valence electrons. The largest absolute Gasteiger partial charge is 0.205 e. The number of hydrogen-bond acceptors (Lipinski definition) is 1. The molecule has 0 aliphatic heterocycles. The zero-order valence-corrected chi connectivity index (χ0v) is 7.14. The number of halogens is 3. The van der Waals surface area contributed by atoms with Gasteiger partial charge in [0, 0.05) is 4.91 Å². The van der Waals surface area contributed by atoms with Gasteiger partial charge < -0.3 is 0 Å². The van der Waals surface area contributed by atoms with Gasteiger partial charge in [0.15, 0.2) is 5.82 Å². The molecule has 0 saturated carbocycles. The molecule has 1 rings (SSSR count). The van der Waals surface area contributed by atoms with Gasteiger partial charge in [0.05, 0.1) is 15.7 Å². The van der Waals surface area contributed by atoms with E-state index in [2.05, 4.69) is 10.0 Å². The first-order valence-electron chi connectivity index (χ1n) is 2.85. The Morgan fingerprint density at radius 1 is 1.42 bits per heavy atom. The lowest BCUT2D eigenvalue weighted by molar-refractivity contribution is 0.630. The molecular weight excluding hydrogens is 204 g/mol. The van der Waals surface area contributed by atoms with Crippen molar-refractivity contribution in [3.63, 3.8) is 0 Å². The lowest BCUT2D eigenvalue weighted by Gasteiger charge is -1.98. The smallest absolute Gasteiger partial charge is 0.152 e. The second kappa shape index (κ2) is 3.63. The van der Waals surface area contributed by atoms with E-state index in [1.165, 1.54) is 12.1 Å². The molecule has 0 saturated heterocycles. The monoisotopic (exact) mass is 205 g/mol. The Morgan fingerprint density at radius 2 is 2.08 bits per heavy atom. The Bertz CT molecular complexity index is 360. The fourth-order valence-corrected chi connectivity index (χ4v) is 0.947. The summed E-state index contributed by atoms with van der Waals surface area (Å²) >= 11 is 10.9. The Labute approximate surface area is 77.3 Å². The number of azide groups is 1. The minimum absolute atomic E-state index is 0.0889. The van der Waals surface area contributed by atoms with Crippen LogP contribution in [0.4, 0.5) is 10.1 Å². The highest BCUT2D eigenvalue weighted by molar-refractivity contribution is 6.42. The van der Waals surface area contributed by atoms with Gasteiger partial charge >= 0.3 is 0 Å². The van der Waals surface area contributed by atoms with E-state index in [4.69, 9.17) is 28.7 Å². The van der Waals surface area contributed by atoms with Crippen molar-refractivity contribution < 1.29 is 4.39 Å². The van der Waals surface area contributed by atoms with Crippen molar-refractivity contribution in [3.8, 4) is 0 Å². The van der Waals surface area contributed by atoms with Crippen LogP contribution in [0.2, 0.25) is 10.0 Å². The molecule has 0 aromatic heterocycles. The van der Waals surface area contributed by atoms with Crippen LogP contribution in [0.25, 0.3) is 10.4 Å². The van der Waals surface area contributed by atoms with E-state index in [0.29, 0.717) is 0 Å². The van der Waals surface area contributed by atoms with E-state index in [1.54, 1.807) is 0 Å². The molecule has 6 heteroatoms. The number of benzene rings is 1. The molecule has 0 radical (unpaired) electrons. The zero-order chi connectivity index (χ0) is 9.14. The van der Waals surface area contributed by atoms with Crippen LogP contribution in [-0.4, -0.2) is 0 Å². The van der Waals surface area contributed by atoms with Gasteiger partial charge in [0.1, 0.15) is 0 Å². The van der Waals surface area contributed by atoms with Crippen LogP contribution in [-0.2, 0) is 0 Å². The Kier molecular flexibility index (Phi) is 2.76. The molecule has 0 N–H and O–H groups in total. The Morgan fingerprint density at radius 3 is 2.67 bits per heavy atom. The molecule has 1 aromatic rings.